The van der Waals surface area contributed by atoms with Gasteiger partial charge in [-0.2, -0.15) is 0 Å². The Morgan fingerprint density at radius 3 is 2.69 bits per heavy atom. The third kappa shape index (κ3) is 6.05. The molecule has 0 rings (SSSR count). The number of rotatable bonds is 4. The normalized spacial score (nSPS) is 11.8. The summed E-state index contributed by atoms with van der Waals surface area (Å²) >= 11 is 0. The van der Waals surface area contributed by atoms with E-state index in [1.54, 1.807) is 19.1 Å². The van der Waals surface area contributed by atoms with E-state index in [4.69, 9.17) is 5.11 Å². The van der Waals surface area contributed by atoms with Crippen LogP contribution in [0.4, 0.5) is 0 Å². The lowest BCUT2D eigenvalue weighted by Gasteiger charge is -1.98. The molecule has 0 bridgehead atoms. The first kappa shape index (κ1) is 14.5. The van der Waals surface area contributed by atoms with Crippen molar-refractivity contribution in [2.75, 3.05) is 13.7 Å². The van der Waals surface area contributed by atoms with E-state index in [0.29, 0.717) is 18.4 Å². The van der Waals surface area contributed by atoms with Gasteiger partial charge in [-0.1, -0.05) is 17.9 Å². The lowest BCUT2D eigenvalue weighted by Crippen LogP contribution is -2.02. The minimum atomic E-state index is -0.362. The van der Waals surface area contributed by atoms with Crippen LogP contribution in [-0.4, -0.2) is 24.8 Å². The predicted molar refractivity (Wildman–Crippen MR) is 63.6 cm³/mol. The number of aliphatic hydroxyl groups is 1. The molecule has 88 valence electrons. The van der Waals surface area contributed by atoms with Gasteiger partial charge in [0.25, 0.3) is 0 Å². The molecule has 0 radical (unpaired) electrons. The van der Waals surface area contributed by atoms with E-state index in [9.17, 15) is 4.79 Å². The van der Waals surface area contributed by atoms with Crippen LogP contribution in [0, 0.1) is 11.8 Å². The van der Waals surface area contributed by atoms with Crippen molar-refractivity contribution >= 4 is 5.97 Å². The van der Waals surface area contributed by atoms with Crippen LogP contribution in [0.3, 0.4) is 0 Å². The molecule has 1 N–H and O–H groups in total. The van der Waals surface area contributed by atoms with Gasteiger partial charge in [-0.05, 0) is 31.9 Å². The molecule has 0 aliphatic rings. The van der Waals surface area contributed by atoms with Crippen LogP contribution in [0.15, 0.2) is 23.3 Å². The van der Waals surface area contributed by atoms with Gasteiger partial charge >= 0.3 is 5.97 Å². The molecular formula is C13H18O3. The number of hydrogen-bond acceptors (Lipinski definition) is 3. The zero-order valence-electron chi connectivity index (χ0n) is 10.0. The van der Waals surface area contributed by atoms with Crippen molar-refractivity contribution < 1.29 is 14.6 Å². The van der Waals surface area contributed by atoms with Crippen molar-refractivity contribution in [3.8, 4) is 11.8 Å². The van der Waals surface area contributed by atoms with Gasteiger partial charge in [0.2, 0.25) is 0 Å². The molecule has 0 saturated heterocycles. The van der Waals surface area contributed by atoms with E-state index < -0.39 is 0 Å². The molecule has 0 heterocycles. The van der Waals surface area contributed by atoms with E-state index in [0.717, 1.165) is 5.57 Å². The van der Waals surface area contributed by atoms with Gasteiger partial charge in [0.1, 0.15) is 0 Å². The highest BCUT2D eigenvalue weighted by atomic mass is 16.5. The fourth-order valence-corrected chi connectivity index (χ4v) is 1.02. The Hall–Kier alpha value is -1.53. The molecule has 0 aromatic carbocycles. The molecule has 0 aliphatic heterocycles. The standard InChI is InChI=1S/C13H18O3/c1-4-12(13(15)16-3)10-11(2)8-6-5-7-9-14/h4,10,14H,5,7,9H2,1-3H3. The highest BCUT2D eigenvalue weighted by Gasteiger charge is 2.04. The molecule has 16 heavy (non-hydrogen) atoms. The molecule has 0 aromatic heterocycles. The first-order valence-corrected chi connectivity index (χ1v) is 5.18. The monoisotopic (exact) mass is 222 g/mol. The molecule has 0 saturated carbocycles. The summed E-state index contributed by atoms with van der Waals surface area (Å²) in [7, 11) is 1.35. The summed E-state index contributed by atoms with van der Waals surface area (Å²) in [6, 6.07) is 0. The van der Waals surface area contributed by atoms with E-state index in [2.05, 4.69) is 16.6 Å². The second-order valence-electron chi connectivity index (χ2n) is 3.19. The van der Waals surface area contributed by atoms with Crippen molar-refractivity contribution in [2.24, 2.45) is 0 Å². The van der Waals surface area contributed by atoms with E-state index in [-0.39, 0.29) is 12.6 Å². The zero-order chi connectivity index (χ0) is 12.4. The fraction of sp³-hybridized carbons (Fsp3) is 0.462. The molecule has 0 aliphatic carbocycles. The minimum absolute atomic E-state index is 0.152. The second-order valence-corrected chi connectivity index (χ2v) is 3.19. The summed E-state index contributed by atoms with van der Waals surface area (Å²) < 4.78 is 4.61. The van der Waals surface area contributed by atoms with Crippen LogP contribution >= 0.6 is 0 Å². The number of hydrogen-bond donors (Lipinski definition) is 1. The molecular weight excluding hydrogens is 204 g/mol. The summed E-state index contributed by atoms with van der Waals surface area (Å²) in [5.41, 5.74) is 1.30. The molecule has 3 nitrogen and oxygen atoms in total. The van der Waals surface area contributed by atoms with E-state index >= 15 is 0 Å². The maximum absolute atomic E-state index is 11.2. The van der Waals surface area contributed by atoms with Crippen molar-refractivity contribution in [1.29, 1.82) is 0 Å². The smallest absolute Gasteiger partial charge is 0.337 e. The van der Waals surface area contributed by atoms with Crippen LogP contribution in [0.5, 0.6) is 0 Å². The summed E-state index contributed by atoms with van der Waals surface area (Å²) in [4.78, 5) is 11.2. The zero-order valence-corrected chi connectivity index (χ0v) is 10.0. The van der Waals surface area contributed by atoms with Crippen LogP contribution in [0.2, 0.25) is 0 Å². The first-order valence-electron chi connectivity index (χ1n) is 5.18. The van der Waals surface area contributed by atoms with Gasteiger partial charge in [-0.15, -0.1) is 0 Å². The molecule has 0 spiro atoms. The Balaban J connectivity index is 4.49. The van der Waals surface area contributed by atoms with Crippen LogP contribution in [-0.2, 0) is 9.53 Å². The summed E-state index contributed by atoms with van der Waals surface area (Å²) in [5, 5.41) is 8.57. The largest absolute Gasteiger partial charge is 0.465 e. The number of ether oxygens (including phenoxy) is 1. The number of esters is 1. The van der Waals surface area contributed by atoms with Crippen molar-refractivity contribution in [3.05, 3.63) is 23.3 Å². The van der Waals surface area contributed by atoms with Gasteiger partial charge in [0.15, 0.2) is 0 Å². The maximum Gasteiger partial charge on any atom is 0.337 e. The maximum atomic E-state index is 11.2. The third-order valence-electron chi connectivity index (χ3n) is 1.85. The predicted octanol–water partition coefficient (Wildman–Crippen LogP) is 1.83. The van der Waals surface area contributed by atoms with E-state index in [1.165, 1.54) is 7.11 Å². The highest BCUT2D eigenvalue weighted by Crippen LogP contribution is 2.04. The van der Waals surface area contributed by atoms with Gasteiger partial charge in [0.05, 0.1) is 12.7 Å². The average Bonchev–Trinajstić information content (AvgIpc) is 2.30. The fourth-order valence-electron chi connectivity index (χ4n) is 1.02. The molecule has 3 heteroatoms. The van der Waals surface area contributed by atoms with Gasteiger partial charge in [0, 0.05) is 13.0 Å². The topological polar surface area (TPSA) is 46.5 Å². The summed E-state index contributed by atoms with van der Waals surface area (Å²) in [6.07, 6.45) is 4.71. The van der Waals surface area contributed by atoms with Gasteiger partial charge < -0.3 is 9.84 Å². The summed E-state index contributed by atoms with van der Waals surface area (Å²) in [5.74, 6) is 5.47. The minimum Gasteiger partial charge on any atom is -0.465 e. The first-order chi connectivity index (χ1) is 7.65. The van der Waals surface area contributed by atoms with Crippen molar-refractivity contribution in [3.63, 3.8) is 0 Å². The van der Waals surface area contributed by atoms with Crippen molar-refractivity contribution in [1.82, 2.24) is 0 Å². The SMILES string of the molecule is CC=C(C=C(C)C#CCCCO)C(=O)OC. The lowest BCUT2D eigenvalue weighted by atomic mass is 10.1. The molecule has 0 unspecified atom stereocenters. The van der Waals surface area contributed by atoms with Gasteiger partial charge in [-0.25, -0.2) is 4.79 Å². The quantitative estimate of drug-likeness (QED) is 0.259. The van der Waals surface area contributed by atoms with Crippen molar-refractivity contribution in [2.45, 2.75) is 26.7 Å². The third-order valence-corrected chi connectivity index (χ3v) is 1.85. The number of unbranched alkanes of at least 4 members (excludes halogenated alkanes) is 1. The van der Waals surface area contributed by atoms with Crippen LogP contribution in [0.1, 0.15) is 26.7 Å². The highest BCUT2D eigenvalue weighted by molar-refractivity contribution is 5.91. The molecule has 0 atom stereocenters. The summed E-state index contributed by atoms with van der Waals surface area (Å²) in [6.45, 7) is 3.76. The molecule has 0 aromatic rings. The molecule has 0 amide bonds. The Labute approximate surface area is 96.8 Å². The van der Waals surface area contributed by atoms with Crippen LogP contribution in [0.25, 0.3) is 0 Å². The second kappa shape index (κ2) is 8.75. The number of carbonyl (C=O) groups excluding carboxylic acids is 1. The van der Waals surface area contributed by atoms with Gasteiger partial charge in [-0.3, -0.25) is 0 Å². The Morgan fingerprint density at radius 1 is 1.50 bits per heavy atom. The van der Waals surface area contributed by atoms with E-state index in [1.807, 2.05) is 6.92 Å². The number of carbonyl (C=O) groups is 1. The number of methoxy groups -OCH3 is 1. The number of aliphatic hydroxyl groups excluding tert-OH is 1. The molecule has 0 fully saturated rings. The Morgan fingerprint density at radius 2 is 2.19 bits per heavy atom. The lowest BCUT2D eigenvalue weighted by molar-refractivity contribution is -0.135. The number of allylic oxidation sites excluding steroid dienone is 2. The average molecular weight is 222 g/mol. The Kier molecular flexibility index (Phi) is 7.92. The van der Waals surface area contributed by atoms with Crippen LogP contribution < -0.4 is 0 Å². The Bertz CT molecular complexity index is 340.